The van der Waals surface area contributed by atoms with Gasteiger partial charge in [0.05, 0.1) is 12.5 Å². The van der Waals surface area contributed by atoms with Gasteiger partial charge in [0, 0.05) is 25.7 Å². The number of furan rings is 1. The first-order valence-electron chi connectivity index (χ1n) is 6.45. The van der Waals surface area contributed by atoms with Crippen molar-refractivity contribution in [3.8, 4) is 0 Å². The van der Waals surface area contributed by atoms with Crippen LogP contribution in [0.4, 0.5) is 0 Å². The standard InChI is InChI=1S/C14H21N3O/c1-15-13(7-8-14-4-3-9-18-14)6-5-12-10-16-17(2)11-12/h3-4,9-11,13,15H,5-8H2,1-2H3. The monoisotopic (exact) mass is 247 g/mol. The second kappa shape index (κ2) is 6.40. The largest absolute Gasteiger partial charge is 0.469 e. The van der Waals surface area contributed by atoms with Gasteiger partial charge in [0.1, 0.15) is 5.76 Å². The Balaban J connectivity index is 1.75. The number of hydrogen-bond acceptors (Lipinski definition) is 3. The third kappa shape index (κ3) is 3.74. The zero-order chi connectivity index (χ0) is 12.8. The molecule has 0 spiro atoms. The van der Waals surface area contributed by atoms with Crippen LogP contribution in [-0.2, 0) is 19.9 Å². The predicted molar refractivity (Wildman–Crippen MR) is 71.4 cm³/mol. The lowest BCUT2D eigenvalue weighted by Gasteiger charge is -2.14. The van der Waals surface area contributed by atoms with E-state index in [0.717, 1.165) is 31.4 Å². The summed E-state index contributed by atoms with van der Waals surface area (Å²) in [5, 5.41) is 7.56. The minimum Gasteiger partial charge on any atom is -0.469 e. The number of hydrogen-bond donors (Lipinski definition) is 1. The summed E-state index contributed by atoms with van der Waals surface area (Å²) in [6.45, 7) is 0. The van der Waals surface area contributed by atoms with Crippen LogP contribution >= 0.6 is 0 Å². The van der Waals surface area contributed by atoms with Gasteiger partial charge in [-0.15, -0.1) is 0 Å². The van der Waals surface area contributed by atoms with E-state index >= 15 is 0 Å². The smallest absolute Gasteiger partial charge is 0.103 e. The van der Waals surface area contributed by atoms with Crippen molar-refractivity contribution in [1.29, 1.82) is 0 Å². The van der Waals surface area contributed by atoms with Crippen LogP contribution in [0.3, 0.4) is 0 Å². The van der Waals surface area contributed by atoms with Crippen molar-refractivity contribution in [2.45, 2.75) is 31.7 Å². The maximum Gasteiger partial charge on any atom is 0.103 e. The van der Waals surface area contributed by atoms with Crippen LogP contribution in [0.25, 0.3) is 0 Å². The molecule has 2 aromatic heterocycles. The quantitative estimate of drug-likeness (QED) is 0.815. The molecule has 0 radical (unpaired) electrons. The van der Waals surface area contributed by atoms with Gasteiger partial charge in [0.25, 0.3) is 0 Å². The van der Waals surface area contributed by atoms with Crippen LogP contribution in [0, 0.1) is 0 Å². The van der Waals surface area contributed by atoms with E-state index in [9.17, 15) is 0 Å². The highest BCUT2D eigenvalue weighted by Crippen LogP contribution is 2.10. The molecule has 0 fully saturated rings. The summed E-state index contributed by atoms with van der Waals surface area (Å²) in [4.78, 5) is 0. The molecular weight excluding hydrogens is 226 g/mol. The van der Waals surface area contributed by atoms with Gasteiger partial charge in [0.2, 0.25) is 0 Å². The molecule has 0 aliphatic rings. The van der Waals surface area contributed by atoms with Crippen molar-refractivity contribution < 1.29 is 4.42 Å². The van der Waals surface area contributed by atoms with Crippen LogP contribution in [0.1, 0.15) is 24.2 Å². The van der Waals surface area contributed by atoms with E-state index in [2.05, 4.69) is 16.6 Å². The maximum atomic E-state index is 5.35. The molecule has 0 amide bonds. The highest BCUT2D eigenvalue weighted by Gasteiger charge is 2.08. The number of aromatic nitrogens is 2. The first kappa shape index (κ1) is 12.9. The van der Waals surface area contributed by atoms with Crippen molar-refractivity contribution in [1.82, 2.24) is 15.1 Å². The molecule has 98 valence electrons. The molecule has 0 saturated carbocycles. The summed E-state index contributed by atoms with van der Waals surface area (Å²) in [6, 6.07) is 4.50. The minimum absolute atomic E-state index is 0.523. The topological polar surface area (TPSA) is 43.0 Å². The Labute approximate surface area is 108 Å². The van der Waals surface area contributed by atoms with E-state index in [-0.39, 0.29) is 0 Å². The van der Waals surface area contributed by atoms with Gasteiger partial charge < -0.3 is 9.73 Å². The van der Waals surface area contributed by atoms with E-state index in [0.29, 0.717) is 6.04 Å². The molecule has 1 unspecified atom stereocenters. The molecule has 0 aromatic carbocycles. The average Bonchev–Trinajstić information content (AvgIpc) is 3.01. The fraction of sp³-hybridized carbons (Fsp3) is 0.500. The Morgan fingerprint density at radius 2 is 2.22 bits per heavy atom. The third-order valence-electron chi connectivity index (χ3n) is 3.27. The second-order valence-electron chi connectivity index (χ2n) is 4.66. The Bertz CT molecular complexity index is 447. The van der Waals surface area contributed by atoms with Crippen LogP contribution in [0.5, 0.6) is 0 Å². The van der Waals surface area contributed by atoms with Gasteiger partial charge >= 0.3 is 0 Å². The van der Waals surface area contributed by atoms with Crippen LogP contribution in [0.2, 0.25) is 0 Å². The van der Waals surface area contributed by atoms with Crippen LogP contribution in [-0.4, -0.2) is 22.9 Å². The van der Waals surface area contributed by atoms with Gasteiger partial charge in [0.15, 0.2) is 0 Å². The molecule has 4 heteroatoms. The Morgan fingerprint density at radius 3 is 2.83 bits per heavy atom. The summed E-state index contributed by atoms with van der Waals surface area (Å²) in [6.07, 6.45) is 10.0. The summed E-state index contributed by atoms with van der Waals surface area (Å²) in [7, 11) is 3.98. The van der Waals surface area contributed by atoms with Crippen molar-refractivity contribution in [2.24, 2.45) is 7.05 Å². The first-order valence-corrected chi connectivity index (χ1v) is 6.45. The van der Waals surface area contributed by atoms with Crippen LogP contribution in [0.15, 0.2) is 35.2 Å². The molecule has 2 rings (SSSR count). The zero-order valence-corrected chi connectivity index (χ0v) is 11.1. The van der Waals surface area contributed by atoms with Crippen molar-refractivity contribution in [3.05, 3.63) is 42.1 Å². The highest BCUT2D eigenvalue weighted by molar-refractivity contribution is 5.04. The first-order chi connectivity index (χ1) is 8.78. The molecule has 0 bridgehead atoms. The lowest BCUT2D eigenvalue weighted by Crippen LogP contribution is -2.26. The molecular formula is C14H21N3O. The molecule has 18 heavy (non-hydrogen) atoms. The predicted octanol–water partition coefficient (Wildman–Crippen LogP) is 2.17. The second-order valence-corrected chi connectivity index (χ2v) is 4.66. The Hall–Kier alpha value is -1.55. The molecule has 0 aliphatic carbocycles. The maximum absolute atomic E-state index is 5.35. The summed E-state index contributed by atoms with van der Waals surface area (Å²) in [5.41, 5.74) is 1.30. The van der Waals surface area contributed by atoms with Gasteiger partial charge in [-0.3, -0.25) is 4.68 Å². The lowest BCUT2D eigenvalue weighted by molar-refractivity contribution is 0.446. The number of nitrogens with zero attached hydrogens (tertiary/aromatic N) is 2. The third-order valence-corrected chi connectivity index (χ3v) is 3.27. The fourth-order valence-electron chi connectivity index (χ4n) is 2.15. The van der Waals surface area contributed by atoms with Crippen LogP contribution < -0.4 is 5.32 Å². The van der Waals surface area contributed by atoms with Crippen molar-refractivity contribution in [2.75, 3.05) is 7.05 Å². The van der Waals surface area contributed by atoms with E-state index in [4.69, 9.17) is 4.42 Å². The number of nitrogens with one attached hydrogen (secondary N) is 1. The summed E-state index contributed by atoms with van der Waals surface area (Å²) < 4.78 is 7.21. The molecule has 0 saturated heterocycles. The van der Waals surface area contributed by atoms with E-state index in [1.165, 1.54) is 5.56 Å². The van der Waals surface area contributed by atoms with Gasteiger partial charge in [-0.1, -0.05) is 0 Å². The summed E-state index contributed by atoms with van der Waals surface area (Å²) >= 11 is 0. The zero-order valence-electron chi connectivity index (χ0n) is 11.1. The number of aryl methyl sites for hydroxylation is 3. The van der Waals surface area contributed by atoms with E-state index < -0.39 is 0 Å². The highest BCUT2D eigenvalue weighted by atomic mass is 16.3. The number of rotatable bonds is 7. The average molecular weight is 247 g/mol. The fourth-order valence-corrected chi connectivity index (χ4v) is 2.15. The molecule has 2 aromatic rings. The SMILES string of the molecule is CNC(CCc1cnn(C)c1)CCc1ccco1. The van der Waals surface area contributed by atoms with Crippen molar-refractivity contribution in [3.63, 3.8) is 0 Å². The van der Waals surface area contributed by atoms with Crippen molar-refractivity contribution >= 4 is 0 Å². The minimum atomic E-state index is 0.523. The normalized spacial score (nSPS) is 12.8. The molecule has 4 nitrogen and oxygen atoms in total. The van der Waals surface area contributed by atoms with Gasteiger partial charge in [-0.25, -0.2) is 0 Å². The van der Waals surface area contributed by atoms with Gasteiger partial charge in [-0.2, -0.15) is 5.10 Å². The van der Waals surface area contributed by atoms with Gasteiger partial charge in [-0.05, 0) is 44.0 Å². The van der Waals surface area contributed by atoms with E-state index in [1.807, 2.05) is 37.1 Å². The Kier molecular flexibility index (Phi) is 4.59. The molecule has 1 N–H and O–H groups in total. The Morgan fingerprint density at radius 1 is 1.39 bits per heavy atom. The molecule has 1 atom stereocenters. The summed E-state index contributed by atoms with van der Waals surface area (Å²) in [5.74, 6) is 1.07. The van der Waals surface area contributed by atoms with E-state index in [1.54, 1.807) is 6.26 Å². The lowest BCUT2D eigenvalue weighted by atomic mass is 10.0. The molecule has 2 heterocycles. The molecule has 0 aliphatic heterocycles.